The van der Waals surface area contributed by atoms with Gasteiger partial charge in [0.15, 0.2) is 0 Å². The fourth-order valence-electron chi connectivity index (χ4n) is 5.46. The lowest BCUT2D eigenvalue weighted by Gasteiger charge is -2.40. The molecule has 6 heteroatoms. The van der Waals surface area contributed by atoms with Gasteiger partial charge in [0.05, 0.1) is 11.6 Å². The molecule has 1 aromatic carbocycles. The van der Waals surface area contributed by atoms with Gasteiger partial charge in [-0.25, -0.2) is 0 Å². The largest absolute Gasteiger partial charge is 0.465 e. The molecule has 2 aromatic rings. The van der Waals surface area contributed by atoms with E-state index < -0.39 is 0 Å². The summed E-state index contributed by atoms with van der Waals surface area (Å²) in [5.74, 6) is 2.07. The molecule has 142 valence electrons. The predicted molar refractivity (Wildman–Crippen MR) is 107 cm³/mol. The molecular formula is C21H23NO3S2. The number of carbonyl (C=O) groups excluding carboxylic acids is 1. The van der Waals surface area contributed by atoms with Gasteiger partial charge >= 0.3 is 10.8 Å². The van der Waals surface area contributed by atoms with E-state index in [9.17, 15) is 9.59 Å². The zero-order valence-corrected chi connectivity index (χ0v) is 16.9. The van der Waals surface area contributed by atoms with Crippen molar-refractivity contribution in [3.63, 3.8) is 0 Å². The molecule has 0 amide bonds. The average molecular weight is 402 g/mol. The monoisotopic (exact) mass is 401 g/mol. The Hall–Kier alpha value is -1.53. The number of benzene rings is 1. The fraction of sp³-hybridized carbons (Fsp3) is 0.524. The van der Waals surface area contributed by atoms with Gasteiger partial charge in [-0.1, -0.05) is 41.7 Å². The Morgan fingerprint density at radius 2 is 2.00 bits per heavy atom. The van der Waals surface area contributed by atoms with Crippen LogP contribution in [0.15, 0.2) is 40.2 Å². The molecule has 27 heavy (non-hydrogen) atoms. The van der Waals surface area contributed by atoms with Crippen LogP contribution in [0.2, 0.25) is 0 Å². The Kier molecular flexibility index (Phi) is 4.43. The Bertz CT molecular complexity index is 919. The minimum Gasteiger partial charge on any atom is -0.465 e. The Labute approximate surface area is 166 Å². The van der Waals surface area contributed by atoms with Gasteiger partial charge in [0.2, 0.25) is 0 Å². The van der Waals surface area contributed by atoms with Crippen LogP contribution in [-0.2, 0) is 16.1 Å². The van der Waals surface area contributed by atoms with E-state index in [1.54, 1.807) is 11.5 Å². The van der Waals surface area contributed by atoms with Gasteiger partial charge in [-0.15, -0.1) is 11.8 Å². The summed E-state index contributed by atoms with van der Waals surface area (Å²) in [4.78, 5) is 26.0. The third-order valence-electron chi connectivity index (χ3n) is 6.44. The fourth-order valence-corrected chi connectivity index (χ4v) is 8.61. The molecule has 5 atom stereocenters. The van der Waals surface area contributed by atoms with Crippen LogP contribution < -0.4 is 4.87 Å². The predicted octanol–water partition coefficient (Wildman–Crippen LogP) is 4.13. The number of rotatable bonds is 4. The first-order valence-corrected chi connectivity index (χ1v) is 11.5. The minimum atomic E-state index is -0.327. The second-order valence-corrected chi connectivity index (χ2v) is 9.97. The number of aromatic nitrogens is 1. The number of thioether (sulfide) groups is 1. The Morgan fingerprint density at radius 1 is 1.22 bits per heavy atom. The van der Waals surface area contributed by atoms with E-state index in [1.165, 1.54) is 36.2 Å². The van der Waals surface area contributed by atoms with Crippen molar-refractivity contribution in [2.24, 2.45) is 17.8 Å². The average Bonchev–Trinajstić information content (AvgIpc) is 3.36. The van der Waals surface area contributed by atoms with Crippen LogP contribution in [0.1, 0.15) is 42.5 Å². The second kappa shape index (κ2) is 6.82. The van der Waals surface area contributed by atoms with Gasteiger partial charge in [0.1, 0.15) is 6.54 Å². The maximum absolute atomic E-state index is 12.8. The summed E-state index contributed by atoms with van der Waals surface area (Å²) in [6, 6.07) is 10.6. The molecule has 0 saturated heterocycles. The van der Waals surface area contributed by atoms with Crippen LogP contribution in [0.4, 0.5) is 0 Å². The number of hydrogen-bond donors (Lipinski definition) is 0. The lowest BCUT2D eigenvalue weighted by molar-refractivity contribution is -0.144. The van der Waals surface area contributed by atoms with Gasteiger partial charge < -0.3 is 4.74 Å². The zero-order chi connectivity index (χ0) is 18.5. The van der Waals surface area contributed by atoms with E-state index in [0.717, 1.165) is 21.7 Å². The number of esters is 1. The maximum atomic E-state index is 12.8. The topological polar surface area (TPSA) is 48.3 Å². The van der Waals surface area contributed by atoms with Gasteiger partial charge in [0.25, 0.3) is 0 Å². The normalized spacial score (nSPS) is 30.8. The minimum absolute atomic E-state index is 0.0263. The molecule has 2 saturated carbocycles. The third kappa shape index (κ3) is 2.80. The van der Waals surface area contributed by atoms with E-state index >= 15 is 0 Å². The third-order valence-corrected chi connectivity index (χ3v) is 9.27. The molecule has 4 unspecified atom stereocenters. The van der Waals surface area contributed by atoms with Crippen LogP contribution in [-0.4, -0.2) is 22.4 Å². The highest BCUT2D eigenvalue weighted by molar-refractivity contribution is 8.00. The summed E-state index contributed by atoms with van der Waals surface area (Å²) in [5, 5.41) is 1.57. The van der Waals surface area contributed by atoms with Gasteiger partial charge in [-0.2, -0.15) is 0 Å². The van der Waals surface area contributed by atoms with Crippen molar-refractivity contribution < 1.29 is 9.53 Å². The first-order chi connectivity index (χ1) is 13.2. The second-order valence-electron chi connectivity index (χ2n) is 7.81. The summed E-state index contributed by atoms with van der Waals surface area (Å²) in [5.41, 5.74) is 1.31. The number of thiazole rings is 1. The van der Waals surface area contributed by atoms with Crippen molar-refractivity contribution in [2.75, 3.05) is 6.61 Å². The molecule has 2 fully saturated rings. The van der Waals surface area contributed by atoms with Gasteiger partial charge in [-0.05, 0) is 49.5 Å². The van der Waals surface area contributed by atoms with E-state index in [-0.39, 0.29) is 23.3 Å². The first-order valence-electron chi connectivity index (χ1n) is 9.78. The number of carbonyl (C=O) groups is 1. The molecule has 1 aromatic heterocycles. The molecule has 2 aliphatic carbocycles. The summed E-state index contributed by atoms with van der Waals surface area (Å²) >= 11 is 3.20. The summed E-state index contributed by atoms with van der Waals surface area (Å²) in [7, 11) is 0. The molecule has 0 radical (unpaired) electrons. The Balaban J connectivity index is 1.61. The van der Waals surface area contributed by atoms with E-state index in [2.05, 4.69) is 30.3 Å². The summed E-state index contributed by atoms with van der Waals surface area (Å²) < 4.78 is 6.77. The molecule has 4 nitrogen and oxygen atoms in total. The molecule has 5 rings (SSSR count). The van der Waals surface area contributed by atoms with Crippen LogP contribution in [0, 0.1) is 17.8 Å². The van der Waals surface area contributed by atoms with Crippen LogP contribution >= 0.6 is 23.1 Å². The molecular weight excluding hydrogens is 378 g/mol. The van der Waals surface area contributed by atoms with E-state index in [0.29, 0.717) is 17.8 Å². The maximum Gasteiger partial charge on any atom is 0.326 e. The highest BCUT2D eigenvalue weighted by atomic mass is 32.2. The van der Waals surface area contributed by atoms with Crippen molar-refractivity contribution in [1.29, 1.82) is 0 Å². The lowest BCUT2D eigenvalue weighted by Crippen LogP contribution is -2.34. The van der Waals surface area contributed by atoms with Gasteiger partial charge in [0, 0.05) is 16.0 Å². The van der Waals surface area contributed by atoms with Crippen LogP contribution in [0.3, 0.4) is 0 Å². The Morgan fingerprint density at radius 3 is 2.78 bits per heavy atom. The standard InChI is InChI=1S/C21H23NO3S2/c1-2-25-15(23)11-22-20-19(27-21(22)24)16(12-6-4-3-5-7-12)17-13-8-9-14(10-13)18(17)26-20/h3-7,13-14,16-18H,2,8-11H2,1H3/t13?,14?,16-,17?,18?/m1/s1. The number of ether oxygens (including phenoxy) is 1. The summed E-state index contributed by atoms with van der Waals surface area (Å²) in [6.45, 7) is 2.16. The number of fused-ring (bicyclic) bond motifs is 6. The smallest absolute Gasteiger partial charge is 0.326 e. The molecule has 2 heterocycles. The van der Waals surface area contributed by atoms with Gasteiger partial charge in [-0.3, -0.25) is 14.2 Å². The molecule has 2 bridgehead atoms. The van der Waals surface area contributed by atoms with Crippen molar-refractivity contribution in [2.45, 2.75) is 48.9 Å². The van der Waals surface area contributed by atoms with Crippen LogP contribution in [0.25, 0.3) is 0 Å². The molecule has 0 N–H and O–H groups in total. The van der Waals surface area contributed by atoms with Crippen LogP contribution in [0.5, 0.6) is 0 Å². The summed E-state index contributed by atoms with van der Waals surface area (Å²) in [6.07, 6.45) is 3.95. The van der Waals surface area contributed by atoms with E-state index in [4.69, 9.17) is 4.74 Å². The highest BCUT2D eigenvalue weighted by Gasteiger charge is 2.55. The molecule has 3 aliphatic rings. The quantitative estimate of drug-likeness (QED) is 0.723. The first kappa shape index (κ1) is 17.6. The molecule has 0 spiro atoms. The zero-order valence-electron chi connectivity index (χ0n) is 15.3. The lowest BCUT2D eigenvalue weighted by atomic mass is 9.75. The molecule has 1 aliphatic heterocycles. The highest BCUT2D eigenvalue weighted by Crippen LogP contribution is 2.63. The van der Waals surface area contributed by atoms with Crippen molar-refractivity contribution in [1.82, 2.24) is 4.57 Å². The SMILES string of the molecule is CCOC(=O)Cn1c2c(sc1=O)[C@H](c1ccccc1)C1C3CCC(C3)C1S2. The van der Waals surface area contributed by atoms with Crippen molar-refractivity contribution >= 4 is 29.1 Å². The number of hydrogen-bond acceptors (Lipinski definition) is 5. The van der Waals surface area contributed by atoms with Crippen molar-refractivity contribution in [3.8, 4) is 0 Å². The van der Waals surface area contributed by atoms with E-state index in [1.807, 2.05) is 11.8 Å². The number of nitrogens with zero attached hydrogens (tertiary/aromatic N) is 1. The van der Waals surface area contributed by atoms with Crippen molar-refractivity contribution in [3.05, 3.63) is 50.4 Å².